The van der Waals surface area contributed by atoms with Crippen LogP contribution in [0.4, 0.5) is 0 Å². The van der Waals surface area contributed by atoms with Crippen LogP contribution in [0.3, 0.4) is 0 Å². The van der Waals surface area contributed by atoms with Crippen molar-refractivity contribution < 1.29 is 0 Å². The summed E-state index contributed by atoms with van der Waals surface area (Å²) in [6, 6.07) is 8.13. The molecular formula is C20H34N4. The molecule has 0 aliphatic heterocycles. The molecule has 0 bridgehead atoms. The molecule has 4 nitrogen and oxygen atoms in total. The third kappa shape index (κ3) is 6.23. The minimum atomic E-state index is 0.191. The number of aromatic nitrogens is 3. The number of para-hydroxylation sites is 1. The van der Waals surface area contributed by atoms with Gasteiger partial charge in [0.25, 0.3) is 0 Å². The molecule has 1 unspecified atom stereocenters. The molecule has 1 atom stereocenters. The van der Waals surface area contributed by atoms with Gasteiger partial charge >= 0.3 is 0 Å². The Morgan fingerprint density at radius 1 is 0.917 bits per heavy atom. The van der Waals surface area contributed by atoms with Crippen LogP contribution in [0.25, 0.3) is 11.0 Å². The molecular weight excluding hydrogens is 296 g/mol. The molecule has 1 N–H and O–H groups in total. The normalized spacial score (nSPS) is 12.8. The molecule has 4 heteroatoms. The minimum absolute atomic E-state index is 0.191. The predicted octanol–water partition coefficient (Wildman–Crippen LogP) is 5.46. The molecule has 1 aromatic carbocycles. The second-order valence-electron chi connectivity index (χ2n) is 6.83. The van der Waals surface area contributed by atoms with Crippen LogP contribution >= 0.6 is 0 Å². The summed E-state index contributed by atoms with van der Waals surface area (Å²) in [5, 5.41) is 12.0. The molecule has 1 heterocycles. The summed E-state index contributed by atoms with van der Waals surface area (Å²) in [6.45, 7) is 5.48. The zero-order valence-electron chi connectivity index (χ0n) is 15.5. The monoisotopic (exact) mass is 330 g/mol. The molecule has 0 radical (unpaired) electrons. The van der Waals surface area contributed by atoms with Crippen molar-refractivity contribution in [3.05, 3.63) is 24.3 Å². The Morgan fingerprint density at radius 2 is 1.54 bits per heavy atom. The first kappa shape index (κ1) is 18.9. The molecule has 2 rings (SSSR count). The Labute approximate surface area is 147 Å². The molecule has 0 spiro atoms. The van der Waals surface area contributed by atoms with Gasteiger partial charge in [0, 0.05) is 0 Å². The summed E-state index contributed by atoms with van der Waals surface area (Å²) in [7, 11) is 0. The van der Waals surface area contributed by atoms with Gasteiger partial charge in [-0.15, -0.1) is 5.10 Å². The van der Waals surface area contributed by atoms with Crippen molar-refractivity contribution >= 4 is 11.0 Å². The maximum absolute atomic E-state index is 4.27. The van der Waals surface area contributed by atoms with Gasteiger partial charge in [0.15, 0.2) is 0 Å². The van der Waals surface area contributed by atoms with Crippen molar-refractivity contribution in [2.75, 3.05) is 6.54 Å². The van der Waals surface area contributed by atoms with Crippen molar-refractivity contribution in [3.8, 4) is 0 Å². The van der Waals surface area contributed by atoms with Crippen LogP contribution in [0.1, 0.15) is 84.2 Å². The first-order valence-electron chi connectivity index (χ1n) is 9.86. The SMILES string of the molecule is CCCCCCCCCCCCNC(C)n1nnc2ccccc21. The van der Waals surface area contributed by atoms with Gasteiger partial charge in [-0.3, -0.25) is 5.32 Å². The molecule has 134 valence electrons. The van der Waals surface area contributed by atoms with Gasteiger partial charge in [-0.25, -0.2) is 4.68 Å². The van der Waals surface area contributed by atoms with E-state index in [1.54, 1.807) is 0 Å². The topological polar surface area (TPSA) is 42.7 Å². The number of hydrogen-bond acceptors (Lipinski definition) is 3. The van der Waals surface area contributed by atoms with Crippen LogP contribution in [-0.2, 0) is 0 Å². The first-order valence-corrected chi connectivity index (χ1v) is 9.86. The lowest BCUT2D eigenvalue weighted by molar-refractivity contribution is 0.395. The lowest BCUT2D eigenvalue weighted by atomic mass is 10.1. The van der Waals surface area contributed by atoms with Crippen LogP contribution < -0.4 is 5.32 Å². The van der Waals surface area contributed by atoms with Crippen molar-refractivity contribution in [1.82, 2.24) is 20.3 Å². The highest BCUT2D eigenvalue weighted by Crippen LogP contribution is 2.14. The first-order chi connectivity index (χ1) is 11.8. The molecule has 0 aliphatic carbocycles. The highest BCUT2D eigenvalue weighted by molar-refractivity contribution is 5.73. The molecule has 0 saturated heterocycles. The van der Waals surface area contributed by atoms with Crippen LogP contribution in [0.2, 0.25) is 0 Å². The average Bonchev–Trinajstić information content (AvgIpc) is 3.03. The Balaban J connectivity index is 1.52. The number of benzene rings is 1. The molecule has 0 saturated carbocycles. The highest BCUT2D eigenvalue weighted by Gasteiger charge is 2.09. The van der Waals surface area contributed by atoms with Gasteiger partial charge in [0.1, 0.15) is 11.7 Å². The average molecular weight is 331 g/mol. The van der Waals surface area contributed by atoms with Crippen molar-refractivity contribution in [2.45, 2.75) is 84.2 Å². The van der Waals surface area contributed by atoms with Gasteiger partial charge in [0.05, 0.1) is 5.52 Å². The molecule has 0 aliphatic rings. The second-order valence-corrected chi connectivity index (χ2v) is 6.83. The van der Waals surface area contributed by atoms with Gasteiger partial charge in [-0.2, -0.15) is 0 Å². The Morgan fingerprint density at radius 3 is 2.25 bits per heavy atom. The van der Waals surface area contributed by atoms with Crippen LogP contribution in [0, 0.1) is 0 Å². The number of rotatable bonds is 13. The number of hydrogen-bond donors (Lipinski definition) is 1. The molecule has 0 amide bonds. The van der Waals surface area contributed by atoms with E-state index in [4.69, 9.17) is 0 Å². The summed E-state index contributed by atoms with van der Waals surface area (Å²) in [4.78, 5) is 0. The van der Waals surface area contributed by atoms with E-state index in [1.165, 1.54) is 64.2 Å². The van der Waals surface area contributed by atoms with Crippen LogP contribution in [0.15, 0.2) is 24.3 Å². The molecule has 1 aromatic heterocycles. The minimum Gasteiger partial charge on any atom is -0.296 e. The van der Waals surface area contributed by atoms with Crippen molar-refractivity contribution in [1.29, 1.82) is 0 Å². The summed E-state index contributed by atoms with van der Waals surface area (Å²) in [6.07, 6.45) is 14.0. The Kier molecular flexibility index (Phi) is 8.82. The highest BCUT2D eigenvalue weighted by atomic mass is 15.5. The Hall–Kier alpha value is -1.42. The van der Waals surface area contributed by atoms with Gasteiger partial charge < -0.3 is 0 Å². The van der Waals surface area contributed by atoms with Gasteiger partial charge in [0.2, 0.25) is 0 Å². The standard InChI is InChI=1S/C20H34N4/c1-3-4-5-6-7-8-9-10-11-14-17-21-18(2)24-20-16-13-12-15-19(20)22-23-24/h12-13,15-16,18,21H,3-11,14,17H2,1-2H3. The quantitative estimate of drug-likeness (QED) is 0.496. The van der Waals surface area contributed by atoms with Crippen molar-refractivity contribution in [2.24, 2.45) is 0 Å². The third-order valence-electron chi connectivity index (χ3n) is 4.71. The fourth-order valence-electron chi connectivity index (χ4n) is 3.18. The van der Waals surface area contributed by atoms with Gasteiger partial charge in [-0.1, -0.05) is 82.1 Å². The van der Waals surface area contributed by atoms with E-state index in [-0.39, 0.29) is 6.17 Å². The van der Waals surface area contributed by atoms with Crippen molar-refractivity contribution in [3.63, 3.8) is 0 Å². The number of unbranched alkanes of at least 4 members (excludes halogenated alkanes) is 9. The third-order valence-corrected chi connectivity index (χ3v) is 4.71. The molecule has 24 heavy (non-hydrogen) atoms. The number of fused-ring (bicyclic) bond motifs is 1. The van der Waals surface area contributed by atoms with Gasteiger partial charge in [-0.05, 0) is 32.0 Å². The predicted molar refractivity (Wildman–Crippen MR) is 102 cm³/mol. The molecule has 0 fully saturated rings. The van der Waals surface area contributed by atoms with Crippen LogP contribution in [0.5, 0.6) is 0 Å². The smallest absolute Gasteiger partial charge is 0.113 e. The molecule has 2 aromatic rings. The Bertz CT molecular complexity index is 564. The van der Waals surface area contributed by atoms with E-state index in [1.807, 2.05) is 22.9 Å². The zero-order chi connectivity index (χ0) is 17.0. The van der Waals surface area contributed by atoms with E-state index < -0.39 is 0 Å². The van der Waals surface area contributed by atoms with Crippen LogP contribution in [-0.4, -0.2) is 21.5 Å². The van der Waals surface area contributed by atoms with E-state index in [2.05, 4.69) is 35.5 Å². The summed E-state index contributed by atoms with van der Waals surface area (Å²) < 4.78 is 1.98. The number of nitrogens with zero attached hydrogens (tertiary/aromatic N) is 3. The summed E-state index contributed by atoms with van der Waals surface area (Å²) in [5.41, 5.74) is 2.06. The largest absolute Gasteiger partial charge is 0.296 e. The van der Waals surface area contributed by atoms with E-state index >= 15 is 0 Å². The fraction of sp³-hybridized carbons (Fsp3) is 0.700. The lowest BCUT2D eigenvalue weighted by Crippen LogP contribution is -2.25. The lowest BCUT2D eigenvalue weighted by Gasteiger charge is -2.14. The summed E-state index contributed by atoms with van der Waals surface area (Å²) in [5.74, 6) is 0. The summed E-state index contributed by atoms with van der Waals surface area (Å²) >= 11 is 0. The van der Waals surface area contributed by atoms with E-state index in [0.717, 1.165) is 17.6 Å². The number of nitrogens with one attached hydrogen (secondary N) is 1. The fourth-order valence-corrected chi connectivity index (χ4v) is 3.18. The van der Waals surface area contributed by atoms with E-state index in [0.29, 0.717) is 0 Å². The maximum Gasteiger partial charge on any atom is 0.113 e. The zero-order valence-corrected chi connectivity index (χ0v) is 15.5. The second kappa shape index (κ2) is 11.2. The van der Waals surface area contributed by atoms with E-state index in [9.17, 15) is 0 Å². The maximum atomic E-state index is 4.27.